The van der Waals surface area contributed by atoms with Crippen molar-refractivity contribution in [2.45, 2.75) is 38.1 Å². The molecule has 1 aromatic heterocycles. The Kier molecular flexibility index (Phi) is 6.36. The zero-order valence-electron chi connectivity index (χ0n) is 16.7. The quantitative estimate of drug-likeness (QED) is 0.645. The van der Waals surface area contributed by atoms with Crippen molar-refractivity contribution in [1.29, 1.82) is 0 Å². The number of piperidine rings is 1. The average molecular weight is 430 g/mol. The van der Waals surface area contributed by atoms with Crippen molar-refractivity contribution in [3.05, 3.63) is 52.2 Å². The number of fused-ring (bicyclic) bond motifs is 1. The van der Waals surface area contributed by atoms with Crippen LogP contribution in [0.2, 0.25) is 0 Å². The fourth-order valence-electron chi connectivity index (χ4n) is 4.14. The maximum Gasteiger partial charge on any atom is 0.255 e. The number of hydrogen-bond acceptors (Lipinski definition) is 6. The summed E-state index contributed by atoms with van der Waals surface area (Å²) in [7, 11) is 0. The van der Waals surface area contributed by atoms with Crippen molar-refractivity contribution in [3.8, 4) is 0 Å². The molecule has 160 valence electrons. The van der Waals surface area contributed by atoms with Crippen LogP contribution in [0.3, 0.4) is 0 Å². The van der Waals surface area contributed by atoms with E-state index in [0.29, 0.717) is 25.6 Å². The molecule has 0 bridgehead atoms. The van der Waals surface area contributed by atoms with E-state index in [-0.39, 0.29) is 0 Å². The van der Waals surface area contributed by atoms with Crippen LogP contribution in [0, 0.1) is 5.92 Å². The van der Waals surface area contributed by atoms with Crippen LogP contribution in [-0.2, 0) is 22.7 Å². The third kappa shape index (κ3) is 4.50. The van der Waals surface area contributed by atoms with Gasteiger partial charge < -0.3 is 25.3 Å². The third-order valence-corrected chi connectivity index (χ3v) is 6.69. The van der Waals surface area contributed by atoms with Gasteiger partial charge in [-0.1, -0.05) is 24.3 Å². The second kappa shape index (κ2) is 9.16. The first-order valence-corrected chi connectivity index (χ1v) is 11.2. The molecule has 7 nitrogen and oxygen atoms in total. The number of benzene rings is 1. The number of thiophene rings is 1. The summed E-state index contributed by atoms with van der Waals surface area (Å²) in [5.74, 6) is -1.01. The summed E-state index contributed by atoms with van der Waals surface area (Å²) in [5, 5.41) is 27.4. The Bertz CT molecular complexity index is 855. The van der Waals surface area contributed by atoms with E-state index in [1.807, 2.05) is 24.3 Å². The average Bonchev–Trinajstić information content (AvgIpc) is 3.46. The minimum Gasteiger partial charge on any atom is -0.380 e. The van der Waals surface area contributed by atoms with Gasteiger partial charge in [0, 0.05) is 43.8 Å². The van der Waals surface area contributed by atoms with E-state index in [0.717, 1.165) is 37.1 Å². The Labute approximate surface area is 179 Å². The van der Waals surface area contributed by atoms with E-state index in [9.17, 15) is 19.8 Å². The molecule has 2 amide bonds. The lowest BCUT2D eigenvalue weighted by molar-refractivity contribution is -0.153. The maximum absolute atomic E-state index is 12.5. The van der Waals surface area contributed by atoms with E-state index >= 15 is 0 Å². The Morgan fingerprint density at radius 3 is 2.33 bits per heavy atom. The number of nitrogens with zero attached hydrogens (tertiary/aromatic N) is 2. The smallest absolute Gasteiger partial charge is 0.255 e. The molecule has 2 aliphatic rings. The Morgan fingerprint density at radius 1 is 1.07 bits per heavy atom. The number of aliphatic hydroxyl groups excluding tert-OH is 2. The van der Waals surface area contributed by atoms with Gasteiger partial charge in [-0.25, -0.2) is 0 Å². The van der Waals surface area contributed by atoms with Gasteiger partial charge in [0.1, 0.15) is 0 Å². The number of nitrogens with one attached hydrogen (secondary N) is 1. The molecule has 2 atom stereocenters. The lowest BCUT2D eigenvalue weighted by Gasteiger charge is -2.33. The predicted molar refractivity (Wildman–Crippen MR) is 115 cm³/mol. The van der Waals surface area contributed by atoms with Gasteiger partial charge in [0.2, 0.25) is 0 Å². The first-order valence-electron chi connectivity index (χ1n) is 10.3. The highest BCUT2D eigenvalue weighted by Crippen LogP contribution is 2.25. The van der Waals surface area contributed by atoms with Crippen molar-refractivity contribution in [1.82, 2.24) is 10.2 Å². The monoisotopic (exact) mass is 429 g/mol. The summed E-state index contributed by atoms with van der Waals surface area (Å²) in [6.45, 7) is 3.04. The summed E-state index contributed by atoms with van der Waals surface area (Å²) in [6.07, 6.45) is -1.65. The summed E-state index contributed by atoms with van der Waals surface area (Å²) >= 11 is 1.68. The van der Waals surface area contributed by atoms with Gasteiger partial charge in [-0.2, -0.15) is 11.3 Å². The number of anilines is 1. The summed E-state index contributed by atoms with van der Waals surface area (Å²) < 4.78 is 0. The zero-order valence-corrected chi connectivity index (χ0v) is 17.6. The highest BCUT2D eigenvalue weighted by molar-refractivity contribution is 7.08. The van der Waals surface area contributed by atoms with Gasteiger partial charge in [0.05, 0.1) is 0 Å². The molecule has 0 saturated carbocycles. The topological polar surface area (TPSA) is 93.1 Å². The van der Waals surface area contributed by atoms with Crippen LogP contribution in [0.25, 0.3) is 0 Å². The third-order valence-electron chi connectivity index (χ3n) is 6.02. The molecular formula is C22H27N3O4S. The zero-order chi connectivity index (χ0) is 21.1. The number of hydrogen-bond donors (Lipinski definition) is 3. The van der Waals surface area contributed by atoms with Crippen molar-refractivity contribution in [2.75, 3.05) is 24.5 Å². The molecule has 0 spiro atoms. The van der Waals surface area contributed by atoms with Crippen LogP contribution in [0.5, 0.6) is 0 Å². The van der Waals surface area contributed by atoms with Gasteiger partial charge >= 0.3 is 0 Å². The largest absolute Gasteiger partial charge is 0.380 e. The molecular weight excluding hydrogens is 402 g/mol. The molecule has 1 fully saturated rings. The lowest BCUT2D eigenvalue weighted by atomic mass is 9.96. The standard InChI is InChI=1S/C22H27N3O4S/c26-19(20(27)22(29)25-12-16-3-1-2-4-17(16)13-25)21(28)23-11-15-5-8-24(9-6-15)18-7-10-30-14-18/h1-4,7,10,14-15,19-20,26-27H,5-6,8-9,11-13H2,(H,23,28)/t19-,20-/m1/s1. The van der Waals surface area contributed by atoms with E-state index in [2.05, 4.69) is 27.0 Å². The molecule has 2 aromatic rings. The van der Waals surface area contributed by atoms with Crippen molar-refractivity contribution in [2.24, 2.45) is 5.92 Å². The van der Waals surface area contributed by atoms with E-state index in [1.54, 1.807) is 11.3 Å². The van der Waals surface area contributed by atoms with E-state index in [4.69, 9.17) is 0 Å². The Morgan fingerprint density at radius 2 is 1.73 bits per heavy atom. The summed E-state index contributed by atoms with van der Waals surface area (Å²) in [5.41, 5.74) is 3.28. The van der Waals surface area contributed by atoms with Crippen LogP contribution in [0.15, 0.2) is 41.1 Å². The van der Waals surface area contributed by atoms with Gasteiger partial charge in [-0.05, 0) is 41.3 Å². The van der Waals surface area contributed by atoms with E-state index in [1.165, 1.54) is 10.6 Å². The predicted octanol–water partition coefficient (Wildman–Crippen LogP) is 1.34. The fourth-order valence-corrected chi connectivity index (χ4v) is 4.80. The second-order valence-corrected chi connectivity index (χ2v) is 8.79. The van der Waals surface area contributed by atoms with E-state index < -0.39 is 24.0 Å². The molecule has 1 aromatic carbocycles. The molecule has 8 heteroatoms. The molecule has 30 heavy (non-hydrogen) atoms. The minimum absolute atomic E-state index is 0.317. The lowest BCUT2D eigenvalue weighted by Crippen LogP contribution is -2.50. The van der Waals surface area contributed by atoms with Crippen molar-refractivity contribution < 1.29 is 19.8 Å². The van der Waals surface area contributed by atoms with Gasteiger partial charge in [-0.3, -0.25) is 9.59 Å². The molecule has 0 aliphatic carbocycles. The van der Waals surface area contributed by atoms with Gasteiger partial charge in [-0.15, -0.1) is 0 Å². The normalized spacial score (nSPS) is 18.7. The first kappa shape index (κ1) is 20.8. The molecule has 0 unspecified atom stereocenters. The number of carbonyl (C=O) groups is 2. The molecule has 0 radical (unpaired) electrons. The Hall–Kier alpha value is -2.42. The number of rotatable bonds is 6. The van der Waals surface area contributed by atoms with Crippen molar-refractivity contribution >= 4 is 28.8 Å². The van der Waals surface area contributed by atoms with Gasteiger partial charge in [0.15, 0.2) is 12.2 Å². The molecule has 1 saturated heterocycles. The maximum atomic E-state index is 12.5. The number of carbonyl (C=O) groups excluding carboxylic acids is 2. The summed E-state index contributed by atoms with van der Waals surface area (Å²) in [6, 6.07) is 9.77. The highest BCUT2D eigenvalue weighted by Gasteiger charge is 2.35. The molecule has 2 aliphatic heterocycles. The second-order valence-electron chi connectivity index (χ2n) is 8.01. The minimum atomic E-state index is -1.77. The van der Waals surface area contributed by atoms with Crippen LogP contribution < -0.4 is 10.2 Å². The van der Waals surface area contributed by atoms with Crippen LogP contribution in [-0.4, -0.2) is 58.8 Å². The summed E-state index contributed by atoms with van der Waals surface area (Å²) in [4.78, 5) is 28.7. The number of aliphatic hydroxyl groups is 2. The van der Waals surface area contributed by atoms with Crippen LogP contribution >= 0.6 is 11.3 Å². The molecule has 3 N–H and O–H groups in total. The van der Waals surface area contributed by atoms with Crippen LogP contribution in [0.4, 0.5) is 5.69 Å². The Balaban J connectivity index is 1.22. The van der Waals surface area contributed by atoms with Gasteiger partial charge in [0.25, 0.3) is 11.8 Å². The molecule has 3 heterocycles. The number of amides is 2. The fraction of sp³-hybridized carbons (Fsp3) is 0.455. The highest BCUT2D eigenvalue weighted by atomic mass is 32.1. The first-order chi connectivity index (χ1) is 14.5. The van der Waals surface area contributed by atoms with Crippen LogP contribution in [0.1, 0.15) is 24.0 Å². The van der Waals surface area contributed by atoms with Crippen molar-refractivity contribution in [3.63, 3.8) is 0 Å². The molecule has 4 rings (SSSR count). The SMILES string of the molecule is O=C(NCC1CCN(c2ccsc2)CC1)[C@H](O)[C@@H](O)C(=O)N1Cc2ccccc2C1.